The van der Waals surface area contributed by atoms with E-state index < -0.39 is 18.0 Å². The van der Waals surface area contributed by atoms with Gasteiger partial charge in [0.25, 0.3) is 5.91 Å². The van der Waals surface area contributed by atoms with Crippen molar-refractivity contribution < 1.29 is 14.4 Å². The van der Waals surface area contributed by atoms with E-state index in [1.165, 1.54) is 6.07 Å². The van der Waals surface area contributed by atoms with Crippen molar-refractivity contribution >= 4 is 17.8 Å². The van der Waals surface area contributed by atoms with Crippen molar-refractivity contribution in [1.29, 1.82) is 0 Å². The molecule has 1 aromatic heterocycles. The van der Waals surface area contributed by atoms with Crippen LogP contribution in [-0.4, -0.2) is 35.0 Å². The molecule has 2 rings (SSSR count). The Hall–Kier alpha value is -2.64. The fraction of sp³-hybridized carbons (Fsp3) is 0.385. The van der Waals surface area contributed by atoms with Gasteiger partial charge in [-0.1, -0.05) is 6.07 Å². The largest absolute Gasteiger partial charge is 0.356 e. The van der Waals surface area contributed by atoms with Crippen LogP contribution in [0.25, 0.3) is 0 Å². The highest BCUT2D eigenvalue weighted by molar-refractivity contribution is 6.05. The molecule has 1 aliphatic rings. The standard InChI is InChI=1S/C13H16N4O4/c18-10(8-9-12(20)16-13(21)15-9)14-5-3-7-17-6-2-1-4-11(17)19/h1-2,4,6,9H,3,5,7-8H2,(H,14,18)(H2,15,16,20,21)/t9-/m1/s1. The number of hydrogen-bond donors (Lipinski definition) is 3. The second-order valence-corrected chi connectivity index (χ2v) is 4.66. The lowest BCUT2D eigenvalue weighted by Crippen LogP contribution is -2.36. The summed E-state index contributed by atoms with van der Waals surface area (Å²) in [6, 6.07) is 3.51. The van der Waals surface area contributed by atoms with Crippen molar-refractivity contribution in [3.05, 3.63) is 34.7 Å². The third-order valence-corrected chi connectivity index (χ3v) is 3.05. The van der Waals surface area contributed by atoms with Gasteiger partial charge in [0.05, 0.1) is 6.42 Å². The molecule has 3 N–H and O–H groups in total. The Labute approximate surface area is 120 Å². The molecule has 21 heavy (non-hydrogen) atoms. The smallest absolute Gasteiger partial charge is 0.322 e. The van der Waals surface area contributed by atoms with Crippen LogP contribution in [0.4, 0.5) is 4.79 Å². The van der Waals surface area contributed by atoms with Crippen LogP contribution in [0.2, 0.25) is 0 Å². The molecule has 2 heterocycles. The summed E-state index contributed by atoms with van der Waals surface area (Å²) in [7, 11) is 0. The molecule has 1 aliphatic heterocycles. The van der Waals surface area contributed by atoms with Crippen LogP contribution >= 0.6 is 0 Å². The number of hydrogen-bond acceptors (Lipinski definition) is 4. The van der Waals surface area contributed by atoms with Gasteiger partial charge in [0.15, 0.2) is 0 Å². The van der Waals surface area contributed by atoms with Crippen molar-refractivity contribution in [2.75, 3.05) is 6.54 Å². The fourth-order valence-electron chi connectivity index (χ4n) is 1.98. The van der Waals surface area contributed by atoms with Gasteiger partial charge in [0, 0.05) is 25.4 Å². The first-order valence-electron chi connectivity index (χ1n) is 6.60. The maximum atomic E-state index is 11.6. The number of amides is 4. The van der Waals surface area contributed by atoms with E-state index in [-0.39, 0.29) is 17.9 Å². The van der Waals surface area contributed by atoms with Gasteiger partial charge in [-0.05, 0) is 12.5 Å². The van der Waals surface area contributed by atoms with Crippen LogP contribution in [0.3, 0.4) is 0 Å². The summed E-state index contributed by atoms with van der Waals surface area (Å²) in [5, 5.41) is 7.06. The third-order valence-electron chi connectivity index (χ3n) is 3.05. The summed E-state index contributed by atoms with van der Waals surface area (Å²) in [4.78, 5) is 45.2. The molecule has 1 saturated heterocycles. The minimum atomic E-state index is -0.811. The van der Waals surface area contributed by atoms with Crippen molar-refractivity contribution in [2.45, 2.75) is 25.4 Å². The monoisotopic (exact) mass is 292 g/mol. The van der Waals surface area contributed by atoms with E-state index >= 15 is 0 Å². The number of nitrogens with one attached hydrogen (secondary N) is 3. The van der Waals surface area contributed by atoms with E-state index in [1.807, 2.05) is 0 Å². The quantitative estimate of drug-likeness (QED) is 0.459. The number of pyridine rings is 1. The molecular formula is C13H16N4O4. The van der Waals surface area contributed by atoms with Crippen molar-refractivity contribution in [2.24, 2.45) is 0 Å². The van der Waals surface area contributed by atoms with Crippen LogP contribution in [0, 0.1) is 0 Å². The Kier molecular flexibility index (Phi) is 4.70. The number of aryl methyl sites for hydroxylation is 1. The number of aromatic nitrogens is 1. The average molecular weight is 292 g/mol. The zero-order chi connectivity index (χ0) is 15.2. The Morgan fingerprint density at radius 1 is 1.29 bits per heavy atom. The van der Waals surface area contributed by atoms with Gasteiger partial charge in [-0.25, -0.2) is 4.79 Å². The topological polar surface area (TPSA) is 109 Å². The summed E-state index contributed by atoms with van der Waals surface area (Å²) in [5.74, 6) is -0.816. The molecule has 1 aromatic rings. The summed E-state index contributed by atoms with van der Waals surface area (Å²) in [6.07, 6.45) is 2.18. The summed E-state index contributed by atoms with van der Waals surface area (Å²) < 4.78 is 1.55. The molecule has 112 valence electrons. The van der Waals surface area contributed by atoms with Crippen LogP contribution in [0.15, 0.2) is 29.2 Å². The van der Waals surface area contributed by atoms with E-state index in [0.717, 1.165) is 0 Å². The lowest BCUT2D eigenvalue weighted by molar-refractivity contribution is -0.126. The zero-order valence-corrected chi connectivity index (χ0v) is 11.3. The molecule has 0 aromatic carbocycles. The molecule has 1 atom stereocenters. The van der Waals surface area contributed by atoms with Crippen molar-refractivity contribution in [3.63, 3.8) is 0 Å². The minimum absolute atomic E-state index is 0.0887. The average Bonchev–Trinajstić information content (AvgIpc) is 2.75. The molecule has 0 spiro atoms. The van der Waals surface area contributed by atoms with Gasteiger partial charge in [0.2, 0.25) is 11.5 Å². The summed E-state index contributed by atoms with van der Waals surface area (Å²) in [5.41, 5.74) is -0.0887. The van der Waals surface area contributed by atoms with Gasteiger partial charge >= 0.3 is 6.03 Å². The predicted octanol–water partition coefficient (Wildman–Crippen LogP) is -1.05. The number of carbonyl (C=O) groups is 3. The lowest BCUT2D eigenvalue weighted by Gasteiger charge is -2.09. The second kappa shape index (κ2) is 6.69. The van der Waals surface area contributed by atoms with Crippen LogP contribution in [0.1, 0.15) is 12.8 Å². The SMILES string of the molecule is O=C(C[C@H]1NC(=O)NC1=O)NCCCn1ccccc1=O. The van der Waals surface area contributed by atoms with Gasteiger partial charge in [-0.15, -0.1) is 0 Å². The fourth-order valence-corrected chi connectivity index (χ4v) is 1.98. The van der Waals surface area contributed by atoms with E-state index in [2.05, 4.69) is 16.0 Å². The highest BCUT2D eigenvalue weighted by atomic mass is 16.2. The van der Waals surface area contributed by atoms with E-state index in [4.69, 9.17) is 0 Å². The Bertz CT molecular complexity index is 610. The highest BCUT2D eigenvalue weighted by Crippen LogP contribution is 1.98. The van der Waals surface area contributed by atoms with E-state index in [1.54, 1.807) is 22.9 Å². The molecule has 8 nitrogen and oxygen atoms in total. The van der Waals surface area contributed by atoms with E-state index in [0.29, 0.717) is 19.5 Å². The number of imide groups is 1. The Morgan fingerprint density at radius 3 is 2.76 bits per heavy atom. The van der Waals surface area contributed by atoms with Gasteiger partial charge in [-0.2, -0.15) is 0 Å². The van der Waals surface area contributed by atoms with Crippen molar-refractivity contribution in [1.82, 2.24) is 20.5 Å². The molecule has 0 bridgehead atoms. The molecular weight excluding hydrogens is 276 g/mol. The normalized spacial score (nSPS) is 17.2. The molecule has 0 saturated carbocycles. The molecule has 1 fully saturated rings. The van der Waals surface area contributed by atoms with Gasteiger partial charge in [0.1, 0.15) is 6.04 Å². The first-order chi connectivity index (χ1) is 10.1. The van der Waals surface area contributed by atoms with E-state index in [9.17, 15) is 19.2 Å². The van der Waals surface area contributed by atoms with Crippen LogP contribution in [0.5, 0.6) is 0 Å². The van der Waals surface area contributed by atoms with Crippen LogP contribution in [-0.2, 0) is 16.1 Å². The maximum Gasteiger partial charge on any atom is 0.322 e. The van der Waals surface area contributed by atoms with Crippen molar-refractivity contribution in [3.8, 4) is 0 Å². The molecule has 0 aliphatic carbocycles. The predicted molar refractivity (Wildman–Crippen MR) is 73.4 cm³/mol. The second-order valence-electron chi connectivity index (χ2n) is 4.66. The minimum Gasteiger partial charge on any atom is -0.356 e. The van der Waals surface area contributed by atoms with Crippen LogP contribution < -0.4 is 21.5 Å². The summed E-state index contributed by atoms with van der Waals surface area (Å²) >= 11 is 0. The molecule has 4 amide bonds. The first kappa shape index (κ1) is 14.8. The molecule has 8 heteroatoms. The molecule has 0 radical (unpaired) electrons. The Balaban J connectivity index is 1.68. The number of carbonyl (C=O) groups excluding carboxylic acids is 3. The highest BCUT2D eigenvalue weighted by Gasteiger charge is 2.30. The van der Waals surface area contributed by atoms with Gasteiger partial charge in [-0.3, -0.25) is 19.7 Å². The Morgan fingerprint density at radius 2 is 2.10 bits per heavy atom. The van der Waals surface area contributed by atoms with Gasteiger partial charge < -0.3 is 15.2 Å². The summed E-state index contributed by atoms with van der Waals surface area (Å²) in [6.45, 7) is 0.892. The molecule has 0 unspecified atom stereocenters. The third kappa shape index (κ3) is 4.16. The number of rotatable bonds is 6. The first-order valence-corrected chi connectivity index (χ1v) is 6.60. The zero-order valence-electron chi connectivity index (χ0n) is 11.3. The number of urea groups is 1. The maximum absolute atomic E-state index is 11.6. The lowest BCUT2D eigenvalue weighted by atomic mass is 10.2. The number of nitrogens with zero attached hydrogens (tertiary/aromatic N) is 1.